The number of aromatic nitrogens is 1. The van der Waals surface area contributed by atoms with Crippen molar-refractivity contribution in [3.05, 3.63) is 75.9 Å². The molecule has 3 aliphatic heterocycles. The Kier molecular flexibility index (Phi) is 6.37. The Balaban J connectivity index is 1.00. The minimum absolute atomic E-state index is 0.0384. The van der Waals surface area contributed by atoms with E-state index in [9.17, 15) is 9.59 Å². The van der Waals surface area contributed by atoms with Crippen molar-refractivity contribution in [1.82, 2.24) is 20.1 Å². The first kappa shape index (κ1) is 25.3. The van der Waals surface area contributed by atoms with Gasteiger partial charge in [-0.25, -0.2) is 4.98 Å². The van der Waals surface area contributed by atoms with E-state index in [2.05, 4.69) is 32.5 Å². The van der Waals surface area contributed by atoms with Crippen LogP contribution in [0, 0.1) is 0 Å². The fourth-order valence-corrected chi connectivity index (χ4v) is 6.09. The topological polar surface area (TPSA) is 96.0 Å². The van der Waals surface area contributed by atoms with E-state index in [-0.39, 0.29) is 29.9 Å². The number of halogens is 1. The lowest BCUT2D eigenvalue weighted by atomic mass is 10.1. The number of hydrogen-bond acceptors (Lipinski definition) is 7. The predicted octanol–water partition coefficient (Wildman–Crippen LogP) is 3.82. The number of carbonyl (C=O) groups excluding carboxylic acids is 2. The van der Waals surface area contributed by atoms with E-state index in [1.807, 2.05) is 36.4 Å². The number of nitrogens with one attached hydrogen (secondary N) is 2. The number of fused-ring (bicyclic) bond motifs is 4. The zero-order valence-electron chi connectivity index (χ0n) is 22.2. The maximum absolute atomic E-state index is 13.1. The summed E-state index contributed by atoms with van der Waals surface area (Å²) in [6.07, 6.45) is 2.52. The molecule has 3 atom stereocenters. The highest BCUT2D eigenvalue weighted by atomic mass is 35.5. The van der Waals surface area contributed by atoms with Gasteiger partial charge in [-0.15, -0.1) is 0 Å². The van der Waals surface area contributed by atoms with Crippen LogP contribution in [0.15, 0.2) is 48.7 Å². The molecular weight excluding hydrogens is 530 g/mol. The van der Waals surface area contributed by atoms with E-state index in [1.165, 1.54) is 0 Å². The van der Waals surface area contributed by atoms with Crippen molar-refractivity contribution < 1.29 is 19.1 Å². The van der Waals surface area contributed by atoms with Crippen molar-refractivity contribution in [3.63, 3.8) is 0 Å². The van der Waals surface area contributed by atoms with Crippen molar-refractivity contribution in [1.29, 1.82) is 0 Å². The van der Waals surface area contributed by atoms with Crippen LogP contribution in [0.25, 0.3) is 0 Å². The zero-order chi connectivity index (χ0) is 27.4. The second-order valence-electron chi connectivity index (χ2n) is 11.0. The third-order valence-electron chi connectivity index (χ3n) is 8.26. The van der Waals surface area contributed by atoms with Gasteiger partial charge in [0.15, 0.2) is 0 Å². The smallest absolute Gasteiger partial charge is 0.251 e. The van der Waals surface area contributed by atoms with Crippen molar-refractivity contribution in [3.8, 4) is 17.2 Å². The SMILES string of the molecule is CN1CCN(Cc2ccc(C(=O)N[C@@H]3[C@H]4Oc5ccc(Oc6ccnc7c6CCC(=O)N7)cc5[C@@H]34)cc2Cl)CC1. The summed E-state index contributed by atoms with van der Waals surface area (Å²) in [4.78, 5) is 33.8. The minimum Gasteiger partial charge on any atom is -0.487 e. The van der Waals surface area contributed by atoms with Gasteiger partial charge in [-0.3, -0.25) is 14.5 Å². The van der Waals surface area contributed by atoms with E-state index in [4.69, 9.17) is 21.1 Å². The molecule has 1 aliphatic carbocycles. The van der Waals surface area contributed by atoms with Crippen LogP contribution in [0.2, 0.25) is 5.02 Å². The molecule has 1 saturated heterocycles. The number of pyridine rings is 1. The summed E-state index contributed by atoms with van der Waals surface area (Å²) < 4.78 is 12.3. The van der Waals surface area contributed by atoms with Crippen LogP contribution in [0.3, 0.4) is 0 Å². The van der Waals surface area contributed by atoms with Gasteiger partial charge in [-0.2, -0.15) is 0 Å². The molecule has 3 aromatic rings. The van der Waals surface area contributed by atoms with Gasteiger partial charge in [0.1, 0.15) is 29.2 Å². The van der Waals surface area contributed by atoms with E-state index in [0.29, 0.717) is 40.7 Å². The van der Waals surface area contributed by atoms with Crippen molar-refractivity contribution in [2.75, 3.05) is 38.5 Å². The van der Waals surface area contributed by atoms with Gasteiger partial charge >= 0.3 is 0 Å². The van der Waals surface area contributed by atoms with Crippen LogP contribution in [0.5, 0.6) is 17.2 Å². The van der Waals surface area contributed by atoms with Crippen molar-refractivity contribution >= 4 is 29.2 Å². The van der Waals surface area contributed by atoms with Crippen LogP contribution in [-0.4, -0.2) is 72.0 Å². The van der Waals surface area contributed by atoms with Crippen molar-refractivity contribution in [2.24, 2.45) is 0 Å². The maximum atomic E-state index is 13.1. The van der Waals surface area contributed by atoms with Gasteiger partial charge in [0.2, 0.25) is 5.91 Å². The van der Waals surface area contributed by atoms with E-state index >= 15 is 0 Å². The Morgan fingerprint density at radius 1 is 1.15 bits per heavy atom. The second kappa shape index (κ2) is 10.1. The van der Waals surface area contributed by atoms with Gasteiger partial charge < -0.3 is 25.0 Å². The Hall–Kier alpha value is -3.66. The first-order valence-corrected chi connectivity index (χ1v) is 14.1. The number of anilines is 1. The Morgan fingerprint density at radius 2 is 2.00 bits per heavy atom. The number of carbonyl (C=O) groups is 2. The fraction of sp³-hybridized carbons (Fsp3) is 0.367. The zero-order valence-corrected chi connectivity index (χ0v) is 22.9. The largest absolute Gasteiger partial charge is 0.487 e. The molecule has 2 aromatic carbocycles. The summed E-state index contributed by atoms with van der Waals surface area (Å²) in [5, 5.41) is 6.55. The quantitative estimate of drug-likeness (QED) is 0.474. The highest BCUT2D eigenvalue weighted by Gasteiger charge is 2.59. The number of rotatable bonds is 6. The summed E-state index contributed by atoms with van der Waals surface area (Å²) >= 11 is 6.59. The monoisotopic (exact) mass is 559 g/mol. The molecule has 7 rings (SSSR count). The van der Waals surface area contributed by atoms with Crippen LogP contribution < -0.4 is 20.1 Å². The predicted molar refractivity (Wildman–Crippen MR) is 150 cm³/mol. The molecule has 0 bridgehead atoms. The molecule has 4 heterocycles. The summed E-state index contributed by atoms with van der Waals surface area (Å²) in [6, 6.07) is 13.0. The van der Waals surface area contributed by atoms with Gasteiger partial charge in [0, 0.05) is 67.1 Å². The molecule has 4 aliphatic rings. The van der Waals surface area contributed by atoms with Gasteiger partial charge in [-0.1, -0.05) is 17.7 Å². The number of likely N-dealkylation sites (N-methyl/N-ethyl adjacent to an activating group) is 1. The third-order valence-corrected chi connectivity index (χ3v) is 8.61. The molecule has 206 valence electrons. The molecule has 0 spiro atoms. The first-order valence-electron chi connectivity index (χ1n) is 13.7. The summed E-state index contributed by atoms with van der Waals surface area (Å²) in [5.41, 5.74) is 3.49. The highest BCUT2D eigenvalue weighted by molar-refractivity contribution is 6.31. The van der Waals surface area contributed by atoms with Crippen LogP contribution in [-0.2, 0) is 17.8 Å². The van der Waals surface area contributed by atoms with E-state index in [0.717, 1.165) is 55.2 Å². The Bertz CT molecular complexity index is 1510. The molecule has 0 radical (unpaired) electrons. The lowest BCUT2D eigenvalue weighted by Gasteiger charge is -2.32. The molecule has 9 nitrogen and oxygen atoms in total. The average molecular weight is 560 g/mol. The van der Waals surface area contributed by atoms with E-state index in [1.54, 1.807) is 12.3 Å². The molecule has 1 aromatic heterocycles. The Morgan fingerprint density at radius 3 is 2.83 bits per heavy atom. The highest BCUT2D eigenvalue weighted by Crippen LogP contribution is 2.54. The number of nitrogens with zero attached hydrogens (tertiary/aromatic N) is 3. The van der Waals surface area contributed by atoms with Gasteiger partial charge in [0.25, 0.3) is 5.91 Å². The standard InChI is InChI=1S/C30H30ClN5O4/c1-35-10-12-36(13-11-35)16-18-3-2-17(14-22(18)31)30(38)34-27-26-21-15-19(4-6-23(21)40-28(26)27)39-24-8-9-32-29-20(24)5-7-25(37)33-29/h2-4,6,8-9,14-15,26-28H,5,7,10-13,16H2,1H3,(H,34,38)(H,32,33,37)/t26-,27-,28-/m0/s1. The minimum atomic E-state index is -0.157. The lowest BCUT2D eigenvalue weighted by molar-refractivity contribution is -0.116. The van der Waals surface area contributed by atoms with Crippen LogP contribution in [0.4, 0.5) is 5.82 Å². The molecule has 2 fully saturated rings. The summed E-state index contributed by atoms with van der Waals surface area (Å²) in [6.45, 7) is 4.90. The van der Waals surface area contributed by atoms with Crippen molar-refractivity contribution in [2.45, 2.75) is 37.5 Å². The molecule has 2 amide bonds. The maximum Gasteiger partial charge on any atom is 0.251 e. The molecule has 0 unspecified atom stereocenters. The van der Waals surface area contributed by atoms with E-state index < -0.39 is 0 Å². The lowest BCUT2D eigenvalue weighted by Crippen LogP contribution is -2.43. The summed E-state index contributed by atoms with van der Waals surface area (Å²) in [5.74, 6) is 2.59. The number of piperazine rings is 1. The number of benzene rings is 2. The molecular formula is C30H30ClN5O4. The molecule has 2 N–H and O–H groups in total. The van der Waals surface area contributed by atoms with Crippen LogP contribution in [0.1, 0.15) is 39.4 Å². The molecule has 40 heavy (non-hydrogen) atoms. The third kappa shape index (κ3) is 4.78. The second-order valence-corrected chi connectivity index (χ2v) is 11.4. The molecule has 1 saturated carbocycles. The number of amides is 2. The normalized spacial score (nSPS) is 23.4. The van der Waals surface area contributed by atoms with Gasteiger partial charge in [0.05, 0.1) is 12.0 Å². The number of hydrogen-bond donors (Lipinski definition) is 2. The Labute approximate surface area is 237 Å². The average Bonchev–Trinajstić information content (AvgIpc) is 3.47. The number of ether oxygens (including phenoxy) is 2. The first-order chi connectivity index (χ1) is 19.4. The molecule has 10 heteroatoms. The van der Waals surface area contributed by atoms with Crippen LogP contribution >= 0.6 is 11.6 Å². The van der Waals surface area contributed by atoms with Gasteiger partial charge in [-0.05, 0) is 55.4 Å². The fourth-order valence-electron chi connectivity index (χ4n) is 5.85. The summed E-state index contributed by atoms with van der Waals surface area (Å²) in [7, 11) is 2.14.